The van der Waals surface area contributed by atoms with E-state index in [1.54, 1.807) is 0 Å². The minimum absolute atomic E-state index is 0.883. The Morgan fingerprint density at radius 3 is 2.42 bits per heavy atom. The van der Waals surface area contributed by atoms with Crippen molar-refractivity contribution in [1.29, 1.82) is 0 Å². The van der Waals surface area contributed by atoms with E-state index in [9.17, 15) is 0 Å². The summed E-state index contributed by atoms with van der Waals surface area (Å²) in [6.45, 7) is 6.53. The van der Waals surface area contributed by atoms with Crippen molar-refractivity contribution in [2.24, 2.45) is 0 Å². The van der Waals surface area contributed by atoms with E-state index < -0.39 is 0 Å². The molecule has 0 aromatic carbocycles. The number of allylic oxidation sites excluding steroid dienone is 5. The first-order valence-electron chi connectivity index (χ1n) is 4.08. The van der Waals surface area contributed by atoms with Gasteiger partial charge in [-0.1, -0.05) is 30.4 Å². The van der Waals surface area contributed by atoms with Gasteiger partial charge in [0.15, 0.2) is 0 Å². The first-order valence-corrected chi connectivity index (χ1v) is 4.08. The standard InChI is InChI=1S/C11H17N/c1-4-6-7-8-9-11-12(3)10-5-2/h4-9,11H,2,10H2,1,3H3/b6-4-,8-7-,11-9+. The molecule has 0 rings (SSSR count). The second-order valence-electron chi connectivity index (χ2n) is 2.48. The fourth-order valence-corrected chi connectivity index (χ4v) is 0.701. The fourth-order valence-electron chi connectivity index (χ4n) is 0.701. The van der Waals surface area contributed by atoms with Gasteiger partial charge in [-0.15, -0.1) is 6.58 Å². The smallest absolute Gasteiger partial charge is 0.0348 e. The van der Waals surface area contributed by atoms with Crippen molar-refractivity contribution in [3.63, 3.8) is 0 Å². The van der Waals surface area contributed by atoms with Crippen LogP contribution in [0.4, 0.5) is 0 Å². The van der Waals surface area contributed by atoms with Crippen molar-refractivity contribution < 1.29 is 0 Å². The summed E-state index contributed by atoms with van der Waals surface area (Å²) in [7, 11) is 2.02. The highest BCUT2D eigenvalue weighted by molar-refractivity contribution is 5.10. The lowest BCUT2D eigenvalue weighted by Gasteiger charge is -2.08. The average Bonchev–Trinajstić information content (AvgIpc) is 2.05. The summed E-state index contributed by atoms with van der Waals surface area (Å²) < 4.78 is 0. The third-order valence-electron chi connectivity index (χ3n) is 1.28. The zero-order valence-corrected chi connectivity index (χ0v) is 7.90. The van der Waals surface area contributed by atoms with E-state index in [1.807, 2.05) is 56.6 Å². The van der Waals surface area contributed by atoms with Gasteiger partial charge in [-0.25, -0.2) is 0 Å². The van der Waals surface area contributed by atoms with Crippen LogP contribution in [0.3, 0.4) is 0 Å². The fraction of sp³-hybridized carbons (Fsp3) is 0.273. The van der Waals surface area contributed by atoms with E-state index in [4.69, 9.17) is 0 Å². The van der Waals surface area contributed by atoms with E-state index in [-0.39, 0.29) is 0 Å². The number of likely N-dealkylation sites (N-methyl/N-ethyl adjacent to an activating group) is 1. The van der Waals surface area contributed by atoms with Gasteiger partial charge in [-0.05, 0) is 19.2 Å². The first-order chi connectivity index (χ1) is 5.81. The van der Waals surface area contributed by atoms with Crippen LogP contribution >= 0.6 is 0 Å². The summed E-state index contributed by atoms with van der Waals surface area (Å²) in [4.78, 5) is 2.06. The van der Waals surface area contributed by atoms with Crippen LogP contribution in [-0.2, 0) is 0 Å². The minimum atomic E-state index is 0.883. The quantitative estimate of drug-likeness (QED) is 0.445. The van der Waals surface area contributed by atoms with Gasteiger partial charge in [-0.2, -0.15) is 0 Å². The highest BCUT2D eigenvalue weighted by Gasteiger charge is 1.80. The molecule has 0 amide bonds. The molecule has 66 valence electrons. The Kier molecular flexibility index (Phi) is 7.05. The van der Waals surface area contributed by atoms with E-state index in [2.05, 4.69) is 11.5 Å². The molecule has 0 spiro atoms. The average molecular weight is 163 g/mol. The van der Waals surface area contributed by atoms with Gasteiger partial charge in [0.1, 0.15) is 0 Å². The second-order valence-corrected chi connectivity index (χ2v) is 2.48. The zero-order chi connectivity index (χ0) is 9.23. The zero-order valence-electron chi connectivity index (χ0n) is 7.90. The summed E-state index contributed by atoms with van der Waals surface area (Å²) in [5.74, 6) is 0. The molecular formula is C11H17N. The molecule has 0 aromatic heterocycles. The Bertz CT molecular complexity index is 187. The van der Waals surface area contributed by atoms with Crippen molar-refractivity contribution in [1.82, 2.24) is 4.90 Å². The maximum absolute atomic E-state index is 3.65. The topological polar surface area (TPSA) is 3.24 Å². The van der Waals surface area contributed by atoms with Crippen molar-refractivity contribution in [2.75, 3.05) is 13.6 Å². The molecule has 0 radical (unpaired) electrons. The molecule has 0 unspecified atom stereocenters. The van der Waals surface area contributed by atoms with E-state index >= 15 is 0 Å². The van der Waals surface area contributed by atoms with Crippen LogP contribution in [0.1, 0.15) is 6.92 Å². The van der Waals surface area contributed by atoms with Gasteiger partial charge >= 0.3 is 0 Å². The summed E-state index contributed by atoms with van der Waals surface area (Å²) in [5.41, 5.74) is 0. The number of hydrogen-bond acceptors (Lipinski definition) is 1. The molecule has 1 nitrogen and oxygen atoms in total. The molecule has 0 N–H and O–H groups in total. The maximum atomic E-state index is 3.65. The normalized spacial score (nSPS) is 11.8. The monoisotopic (exact) mass is 163 g/mol. The van der Waals surface area contributed by atoms with Crippen LogP contribution in [0.2, 0.25) is 0 Å². The molecule has 0 aromatic rings. The molecule has 12 heavy (non-hydrogen) atoms. The first kappa shape index (κ1) is 10.8. The van der Waals surface area contributed by atoms with Gasteiger partial charge < -0.3 is 4.90 Å². The molecule has 0 fully saturated rings. The van der Waals surface area contributed by atoms with Crippen LogP contribution in [0.25, 0.3) is 0 Å². The van der Waals surface area contributed by atoms with Crippen LogP contribution in [-0.4, -0.2) is 18.5 Å². The highest BCUT2D eigenvalue weighted by Crippen LogP contribution is 1.86. The SMILES string of the molecule is C=CCN(C)/C=C/C=C\C=C/C. The molecule has 0 atom stereocenters. The van der Waals surface area contributed by atoms with Gasteiger partial charge in [0.2, 0.25) is 0 Å². The van der Waals surface area contributed by atoms with Gasteiger partial charge in [0, 0.05) is 13.6 Å². The Hall–Kier alpha value is -1.24. The van der Waals surface area contributed by atoms with E-state index in [1.165, 1.54) is 0 Å². The van der Waals surface area contributed by atoms with E-state index in [0.29, 0.717) is 0 Å². The molecule has 0 heterocycles. The largest absolute Gasteiger partial charge is 0.377 e. The molecular weight excluding hydrogens is 146 g/mol. The summed E-state index contributed by atoms with van der Waals surface area (Å²) in [6, 6.07) is 0. The molecule has 0 saturated carbocycles. The summed E-state index contributed by atoms with van der Waals surface area (Å²) in [6.07, 6.45) is 13.9. The van der Waals surface area contributed by atoms with Gasteiger partial charge in [0.05, 0.1) is 0 Å². The highest BCUT2D eigenvalue weighted by atomic mass is 15.1. The van der Waals surface area contributed by atoms with Gasteiger partial charge in [-0.3, -0.25) is 0 Å². The second kappa shape index (κ2) is 7.86. The minimum Gasteiger partial charge on any atom is -0.377 e. The predicted molar refractivity (Wildman–Crippen MR) is 55.9 cm³/mol. The lowest BCUT2D eigenvalue weighted by Crippen LogP contribution is -2.08. The van der Waals surface area contributed by atoms with Crippen LogP contribution < -0.4 is 0 Å². The van der Waals surface area contributed by atoms with Crippen molar-refractivity contribution >= 4 is 0 Å². The predicted octanol–water partition coefficient (Wildman–Crippen LogP) is 2.75. The molecule has 0 bridgehead atoms. The molecule has 0 aliphatic carbocycles. The van der Waals surface area contributed by atoms with Crippen LogP contribution in [0.15, 0.2) is 49.2 Å². The molecule has 1 heteroatoms. The summed E-state index contributed by atoms with van der Waals surface area (Å²) in [5, 5.41) is 0. The van der Waals surface area contributed by atoms with Crippen LogP contribution in [0.5, 0.6) is 0 Å². The Morgan fingerprint density at radius 2 is 1.83 bits per heavy atom. The van der Waals surface area contributed by atoms with Crippen molar-refractivity contribution in [3.05, 3.63) is 49.2 Å². The number of rotatable bonds is 5. The van der Waals surface area contributed by atoms with Crippen LogP contribution in [0, 0.1) is 0 Å². The van der Waals surface area contributed by atoms with Gasteiger partial charge in [0.25, 0.3) is 0 Å². The van der Waals surface area contributed by atoms with E-state index in [0.717, 1.165) is 6.54 Å². The molecule has 0 saturated heterocycles. The Morgan fingerprint density at radius 1 is 1.17 bits per heavy atom. The van der Waals surface area contributed by atoms with Crippen molar-refractivity contribution in [2.45, 2.75) is 6.92 Å². The number of hydrogen-bond donors (Lipinski definition) is 0. The van der Waals surface area contributed by atoms with Crippen molar-refractivity contribution in [3.8, 4) is 0 Å². The molecule has 0 aliphatic rings. The third kappa shape index (κ3) is 6.87. The lowest BCUT2D eigenvalue weighted by molar-refractivity contribution is 0.510. The Labute approximate surface area is 75.4 Å². The maximum Gasteiger partial charge on any atom is 0.0348 e. The summed E-state index contributed by atoms with van der Waals surface area (Å²) >= 11 is 0. The Balaban J connectivity index is 3.66. The third-order valence-corrected chi connectivity index (χ3v) is 1.28. The lowest BCUT2D eigenvalue weighted by atomic mass is 10.4. The molecule has 0 aliphatic heterocycles. The number of nitrogens with zero attached hydrogens (tertiary/aromatic N) is 1.